The van der Waals surface area contributed by atoms with Crippen LogP contribution < -0.4 is 0 Å². The van der Waals surface area contributed by atoms with Crippen LogP contribution >= 0.6 is 90.7 Å². The number of esters is 2. The van der Waals surface area contributed by atoms with Gasteiger partial charge in [-0.1, -0.05) is 128 Å². The van der Waals surface area contributed by atoms with Crippen molar-refractivity contribution >= 4 is 181 Å². The third-order valence-corrected chi connectivity index (χ3v) is 24.4. The molecule has 4 atom stereocenters. The fourth-order valence-corrected chi connectivity index (χ4v) is 20.7. The first-order chi connectivity index (χ1) is 40.2. The fourth-order valence-electron chi connectivity index (χ4n) is 10.4. The third kappa shape index (κ3) is 12.0. The predicted molar refractivity (Wildman–Crippen MR) is 345 cm³/mol. The fraction of sp³-hybridized carbons (Fsp3) is 0.182. The van der Waals surface area contributed by atoms with Gasteiger partial charge in [0, 0.05) is 111 Å². The summed E-state index contributed by atoms with van der Waals surface area (Å²) in [5.74, 6) is -1.51. The molecule has 0 aliphatic heterocycles. The Bertz CT molecular complexity index is 4490. The minimum Gasteiger partial charge on any atom is -0.456 e. The summed E-state index contributed by atoms with van der Waals surface area (Å²) in [4.78, 5) is 28.4. The molecule has 2 N–H and O–H groups in total. The number of hydrogen-bond donors (Lipinski definition) is 2. The summed E-state index contributed by atoms with van der Waals surface area (Å²) in [5.41, 5.74) is 4.28. The van der Waals surface area contributed by atoms with Gasteiger partial charge in [-0.15, -0.1) is 90.7 Å². The van der Waals surface area contributed by atoms with Gasteiger partial charge in [-0.25, -0.2) is 0 Å². The Kier molecular flexibility index (Phi) is 15.9. The SMILES string of the molecule is CCC(=O)OC(Cc1ccccc1)c1cc2sc3cc4c(cc3c2s1)sc1cc(C(Cc2ccccc2)OC(=O)CC(F)(F)F)sc14.OC(Cc1ccccc1)c1cc2sc3cc4c(cc3c2s1)sc1cc(C(O)Cc2ccccc2)sc14. The van der Waals surface area contributed by atoms with Gasteiger partial charge in [-0.3, -0.25) is 9.59 Å². The van der Waals surface area contributed by atoms with E-state index in [1.54, 1.807) is 63.6 Å². The molecule has 0 amide bonds. The molecule has 0 aliphatic carbocycles. The lowest BCUT2D eigenvalue weighted by molar-refractivity contribution is -0.175. The number of carbonyl (C=O) groups is 2. The minimum absolute atomic E-state index is 0.228. The van der Waals surface area contributed by atoms with Gasteiger partial charge in [0.05, 0.1) is 31.0 Å². The van der Waals surface area contributed by atoms with E-state index in [0.717, 1.165) is 80.7 Å². The van der Waals surface area contributed by atoms with Gasteiger partial charge >= 0.3 is 18.1 Å². The zero-order valence-electron chi connectivity index (χ0n) is 44.1. The molecule has 8 aromatic heterocycles. The van der Waals surface area contributed by atoms with E-state index in [1.165, 1.54) is 50.3 Å². The van der Waals surface area contributed by atoms with Crippen LogP contribution in [0.2, 0.25) is 0 Å². The van der Waals surface area contributed by atoms with E-state index in [0.29, 0.717) is 25.7 Å². The first kappa shape index (κ1) is 55.8. The Morgan fingerprint density at radius 2 is 0.687 bits per heavy atom. The van der Waals surface area contributed by atoms with Crippen molar-refractivity contribution in [2.75, 3.05) is 0 Å². The molecule has 4 unspecified atom stereocenters. The first-order valence-corrected chi connectivity index (χ1v) is 33.4. The highest BCUT2D eigenvalue weighted by atomic mass is 32.1. The van der Waals surface area contributed by atoms with Gasteiger partial charge in [-0.05, 0) is 70.8 Å². The van der Waals surface area contributed by atoms with Gasteiger partial charge < -0.3 is 19.7 Å². The van der Waals surface area contributed by atoms with Crippen molar-refractivity contribution < 1.29 is 42.4 Å². The van der Waals surface area contributed by atoms with E-state index >= 15 is 0 Å². The predicted octanol–water partition coefficient (Wildman–Crippen LogP) is 20.7. The van der Waals surface area contributed by atoms with Crippen molar-refractivity contribution in [1.29, 1.82) is 0 Å². The number of hydrogen-bond acceptors (Lipinski definition) is 14. The maximum atomic E-state index is 13.0. The lowest BCUT2D eigenvalue weighted by Gasteiger charge is -2.17. The molecular formula is C66H49F3O6S8. The number of aliphatic hydroxyl groups is 2. The molecule has 17 heteroatoms. The number of fused-ring (bicyclic) bond motifs is 12. The van der Waals surface area contributed by atoms with Gasteiger partial charge in [0.1, 0.15) is 18.6 Å². The standard InChI is InChI=1S/C36H27F3O4S4.C30H22O2S4/c1-2-32(40)42-24(13-20-9-5-3-6-10-20)28-17-30-34(46-28)22-15-27-23(16-26(22)44-30)35-31(45-27)18-29(47-35)25(14-21-11-7-4-8-12-21)43-33(41)19-36(37,38)39;31-21(11-17-7-3-1-4-8-17)25-15-27-29(35-25)19-13-24-20(14-23(19)33-27)30-28(34-24)16-26(36-30)22(32)12-18-9-5-2-6-10-18/h3-12,15-18,24-25H,2,13-14,19H2,1H3;1-10,13-16,21-22,31-32H,11-12H2. The molecule has 6 nitrogen and oxygen atoms in total. The number of aliphatic hydroxyl groups excluding tert-OH is 2. The molecule has 0 saturated carbocycles. The van der Waals surface area contributed by atoms with Crippen LogP contribution in [0.4, 0.5) is 13.2 Å². The highest BCUT2D eigenvalue weighted by Crippen LogP contribution is 2.50. The zero-order valence-corrected chi connectivity index (χ0v) is 50.7. The van der Waals surface area contributed by atoms with Crippen molar-refractivity contribution in [3.63, 3.8) is 0 Å². The summed E-state index contributed by atoms with van der Waals surface area (Å²) >= 11 is 13.5. The molecule has 0 fully saturated rings. The maximum absolute atomic E-state index is 13.0. The Morgan fingerprint density at radius 1 is 0.398 bits per heavy atom. The summed E-state index contributed by atoms with van der Waals surface area (Å²) in [5, 5.41) is 26.5. The molecular weight excluding hydrogens is 1200 g/mol. The van der Waals surface area contributed by atoms with Gasteiger partial charge in [0.2, 0.25) is 0 Å². The minimum atomic E-state index is -4.64. The Hall–Kier alpha value is -6.35. The third-order valence-electron chi connectivity index (χ3n) is 14.4. The molecule has 14 rings (SSSR count). The van der Waals surface area contributed by atoms with Crippen LogP contribution in [-0.4, -0.2) is 28.3 Å². The molecule has 0 aliphatic rings. The van der Waals surface area contributed by atoms with Crippen molar-refractivity contribution in [2.24, 2.45) is 0 Å². The summed E-state index contributed by atoms with van der Waals surface area (Å²) in [6, 6.07) is 57.2. The first-order valence-electron chi connectivity index (χ1n) is 26.9. The number of rotatable bonds is 16. The van der Waals surface area contributed by atoms with Gasteiger partial charge in [0.15, 0.2) is 0 Å². The van der Waals surface area contributed by atoms with Crippen LogP contribution in [0.25, 0.3) is 77.9 Å². The average molecular weight is 1250 g/mol. The number of carbonyl (C=O) groups excluding carboxylic acids is 2. The average Bonchev–Trinajstić information content (AvgIpc) is 3.88. The smallest absolute Gasteiger partial charge is 0.399 e. The van der Waals surface area contributed by atoms with Crippen molar-refractivity contribution in [2.45, 2.75) is 76.0 Å². The Balaban J connectivity index is 0.000000161. The molecule has 6 aromatic carbocycles. The second kappa shape index (κ2) is 23.6. The van der Waals surface area contributed by atoms with E-state index in [2.05, 4.69) is 66.7 Å². The molecule has 0 saturated heterocycles. The Labute approximate surface area is 506 Å². The normalized spacial score (nSPS) is 13.6. The summed E-state index contributed by atoms with van der Waals surface area (Å²) in [7, 11) is 0. The Morgan fingerprint density at radius 3 is 1.00 bits per heavy atom. The largest absolute Gasteiger partial charge is 0.456 e. The van der Waals surface area contributed by atoms with E-state index in [-0.39, 0.29) is 18.5 Å². The summed E-state index contributed by atoms with van der Waals surface area (Å²) < 4.78 is 64.4. The summed E-state index contributed by atoms with van der Waals surface area (Å²) in [6.07, 6.45) is -5.95. The lowest BCUT2D eigenvalue weighted by Crippen LogP contribution is -2.20. The molecule has 14 aromatic rings. The van der Waals surface area contributed by atoms with Crippen molar-refractivity contribution in [3.8, 4) is 0 Å². The van der Waals surface area contributed by atoms with Crippen LogP contribution in [0.3, 0.4) is 0 Å². The molecule has 0 spiro atoms. The highest BCUT2D eigenvalue weighted by molar-refractivity contribution is 7.35. The van der Waals surface area contributed by atoms with E-state index in [9.17, 15) is 33.0 Å². The van der Waals surface area contributed by atoms with E-state index in [1.807, 2.05) is 126 Å². The summed E-state index contributed by atoms with van der Waals surface area (Å²) in [6.45, 7) is 1.80. The zero-order chi connectivity index (χ0) is 56.9. The van der Waals surface area contributed by atoms with E-state index in [4.69, 9.17) is 9.47 Å². The molecule has 8 heterocycles. The lowest BCUT2D eigenvalue weighted by atomic mass is 10.1. The maximum Gasteiger partial charge on any atom is 0.399 e. The van der Waals surface area contributed by atoms with Gasteiger partial charge in [-0.2, -0.15) is 13.2 Å². The van der Waals surface area contributed by atoms with Gasteiger partial charge in [0.25, 0.3) is 0 Å². The molecule has 418 valence electrons. The van der Waals surface area contributed by atoms with Crippen LogP contribution in [0.1, 0.15) is 85.9 Å². The van der Waals surface area contributed by atoms with Crippen molar-refractivity contribution in [3.05, 3.63) is 212 Å². The molecule has 0 bridgehead atoms. The molecule has 83 heavy (non-hydrogen) atoms. The number of alkyl halides is 3. The highest BCUT2D eigenvalue weighted by Gasteiger charge is 2.34. The topological polar surface area (TPSA) is 93.1 Å². The second-order valence-corrected chi connectivity index (χ2v) is 29.0. The van der Waals surface area contributed by atoms with Crippen LogP contribution in [0, 0.1) is 0 Å². The number of thiophene rings is 8. The second-order valence-electron chi connectivity index (χ2n) is 20.4. The number of halogens is 3. The monoisotopic (exact) mass is 1250 g/mol. The quantitative estimate of drug-likeness (QED) is 0.0937. The van der Waals surface area contributed by atoms with Crippen LogP contribution in [0.15, 0.2) is 170 Å². The van der Waals surface area contributed by atoms with Crippen LogP contribution in [0.5, 0.6) is 0 Å². The molecule has 0 radical (unpaired) electrons. The van der Waals surface area contributed by atoms with Crippen LogP contribution in [-0.2, 0) is 44.7 Å². The van der Waals surface area contributed by atoms with Crippen molar-refractivity contribution in [1.82, 2.24) is 0 Å². The number of benzene rings is 6. The van der Waals surface area contributed by atoms with E-state index < -0.39 is 36.9 Å². The number of ether oxygens (including phenoxy) is 2.